The molecule has 0 amide bonds. The minimum absolute atomic E-state index is 0.0893. The largest absolute Gasteiger partial charge is 0.317 e. The Morgan fingerprint density at radius 1 is 1.29 bits per heavy atom. The fraction of sp³-hybridized carbons (Fsp3) is 0.786. The molecule has 0 aromatic carbocycles. The third-order valence-corrected chi connectivity index (χ3v) is 4.24. The van der Waals surface area contributed by atoms with E-state index in [4.69, 9.17) is 0 Å². The molecule has 0 saturated heterocycles. The molecule has 21 heavy (non-hydrogen) atoms. The van der Waals surface area contributed by atoms with Crippen LogP contribution in [-0.4, -0.2) is 37.8 Å². The van der Waals surface area contributed by atoms with Crippen LogP contribution in [0.1, 0.15) is 40.5 Å². The highest BCUT2D eigenvalue weighted by Gasteiger charge is 2.19. The number of nitrogens with zero attached hydrogens (tertiary/aromatic N) is 2. The Labute approximate surface area is 128 Å². The number of hydrogen-bond donors (Lipinski definition) is 2. The molecule has 1 rings (SSSR count). The first-order chi connectivity index (χ1) is 9.74. The third kappa shape index (κ3) is 7.06. The first-order valence-electron chi connectivity index (χ1n) is 7.47. The fourth-order valence-corrected chi connectivity index (χ4v) is 2.90. The highest BCUT2D eigenvalue weighted by Crippen LogP contribution is 2.13. The minimum Gasteiger partial charge on any atom is -0.317 e. The lowest BCUT2D eigenvalue weighted by Crippen LogP contribution is -2.32. The van der Waals surface area contributed by atoms with Crippen LogP contribution in [0.2, 0.25) is 0 Å². The van der Waals surface area contributed by atoms with Gasteiger partial charge in [-0.2, -0.15) is 5.10 Å². The molecule has 0 aliphatic rings. The molecule has 0 unspecified atom stereocenters. The predicted octanol–water partition coefficient (Wildman–Crippen LogP) is 1.60. The van der Waals surface area contributed by atoms with E-state index in [0.717, 1.165) is 25.9 Å². The van der Waals surface area contributed by atoms with Crippen LogP contribution in [0.5, 0.6) is 0 Å². The van der Waals surface area contributed by atoms with E-state index in [0.29, 0.717) is 13.1 Å². The van der Waals surface area contributed by atoms with Crippen LogP contribution in [0.4, 0.5) is 0 Å². The molecule has 122 valence electrons. The van der Waals surface area contributed by atoms with E-state index in [9.17, 15) is 8.42 Å². The number of aryl methyl sites for hydroxylation is 1. The Hall–Kier alpha value is -0.920. The quantitative estimate of drug-likeness (QED) is 0.679. The van der Waals surface area contributed by atoms with Gasteiger partial charge in [-0.05, 0) is 31.3 Å². The topological polar surface area (TPSA) is 76.0 Å². The fourth-order valence-electron chi connectivity index (χ4n) is 1.67. The monoisotopic (exact) mass is 316 g/mol. The maximum atomic E-state index is 12.1. The highest BCUT2D eigenvalue weighted by atomic mass is 32.2. The molecule has 0 bridgehead atoms. The Morgan fingerprint density at radius 2 is 2.00 bits per heavy atom. The number of hydrogen-bond acceptors (Lipinski definition) is 4. The van der Waals surface area contributed by atoms with E-state index in [1.807, 2.05) is 20.8 Å². The van der Waals surface area contributed by atoms with E-state index in [-0.39, 0.29) is 10.3 Å². The van der Waals surface area contributed by atoms with Gasteiger partial charge in [0, 0.05) is 19.3 Å². The number of aromatic nitrogens is 2. The van der Waals surface area contributed by atoms with E-state index < -0.39 is 10.0 Å². The van der Waals surface area contributed by atoms with Gasteiger partial charge >= 0.3 is 0 Å². The lowest BCUT2D eigenvalue weighted by atomic mass is 9.98. The van der Waals surface area contributed by atoms with Crippen LogP contribution < -0.4 is 10.0 Å². The summed E-state index contributed by atoms with van der Waals surface area (Å²) in [6, 6.07) is 0. The molecule has 1 aromatic rings. The zero-order valence-corrected chi connectivity index (χ0v) is 14.3. The molecule has 1 aromatic heterocycles. The van der Waals surface area contributed by atoms with Crippen LogP contribution in [-0.2, 0) is 16.6 Å². The van der Waals surface area contributed by atoms with E-state index in [1.165, 1.54) is 6.20 Å². The summed E-state index contributed by atoms with van der Waals surface area (Å²) >= 11 is 0. The maximum absolute atomic E-state index is 12.1. The number of rotatable bonds is 9. The van der Waals surface area contributed by atoms with Crippen molar-refractivity contribution < 1.29 is 8.42 Å². The average Bonchev–Trinajstić information content (AvgIpc) is 2.85. The van der Waals surface area contributed by atoms with Crippen molar-refractivity contribution in [2.24, 2.45) is 5.41 Å². The van der Waals surface area contributed by atoms with Gasteiger partial charge in [0.25, 0.3) is 0 Å². The second-order valence-corrected chi connectivity index (χ2v) is 8.19. The average molecular weight is 316 g/mol. The van der Waals surface area contributed by atoms with Crippen molar-refractivity contribution in [3.63, 3.8) is 0 Å². The summed E-state index contributed by atoms with van der Waals surface area (Å²) in [6.07, 6.45) is 5.04. The van der Waals surface area contributed by atoms with Crippen LogP contribution >= 0.6 is 0 Å². The van der Waals surface area contributed by atoms with Crippen LogP contribution in [0.15, 0.2) is 17.3 Å². The van der Waals surface area contributed by atoms with Crippen molar-refractivity contribution in [1.82, 2.24) is 19.8 Å². The van der Waals surface area contributed by atoms with Gasteiger partial charge in [0.15, 0.2) is 0 Å². The second-order valence-electron chi connectivity index (χ2n) is 6.43. The van der Waals surface area contributed by atoms with Crippen molar-refractivity contribution in [2.45, 2.75) is 52.0 Å². The second kappa shape index (κ2) is 7.91. The summed E-state index contributed by atoms with van der Waals surface area (Å²) in [5.74, 6) is 0. The molecule has 0 aliphatic carbocycles. The molecule has 0 saturated carbocycles. The Bertz CT molecular complexity index is 517. The zero-order valence-electron chi connectivity index (χ0n) is 13.5. The van der Waals surface area contributed by atoms with Crippen molar-refractivity contribution in [2.75, 3.05) is 19.6 Å². The van der Waals surface area contributed by atoms with Crippen LogP contribution in [0, 0.1) is 5.41 Å². The normalized spacial score (nSPS) is 12.8. The van der Waals surface area contributed by atoms with Gasteiger partial charge in [-0.15, -0.1) is 0 Å². The van der Waals surface area contributed by atoms with E-state index in [1.54, 1.807) is 10.9 Å². The summed E-state index contributed by atoms with van der Waals surface area (Å²) in [6.45, 7) is 11.1. The van der Waals surface area contributed by atoms with Crippen molar-refractivity contribution >= 4 is 10.0 Å². The van der Waals surface area contributed by atoms with Gasteiger partial charge in [-0.25, -0.2) is 13.1 Å². The van der Waals surface area contributed by atoms with Crippen molar-refractivity contribution in [1.29, 1.82) is 0 Å². The van der Waals surface area contributed by atoms with Gasteiger partial charge in [0.1, 0.15) is 4.90 Å². The Morgan fingerprint density at radius 3 is 2.62 bits per heavy atom. The summed E-state index contributed by atoms with van der Waals surface area (Å²) < 4.78 is 28.6. The van der Waals surface area contributed by atoms with Gasteiger partial charge in [-0.1, -0.05) is 27.7 Å². The molecule has 6 nitrogen and oxygen atoms in total. The molecule has 0 aliphatic heterocycles. The van der Waals surface area contributed by atoms with Gasteiger partial charge in [0.2, 0.25) is 10.0 Å². The lowest BCUT2D eigenvalue weighted by molar-refractivity contribution is 0.407. The SMILES string of the molecule is CCCNCCCn1cc(S(=O)(=O)NCC(C)(C)C)cn1. The lowest BCUT2D eigenvalue weighted by Gasteiger charge is -2.18. The van der Waals surface area contributed by atoms with E-state index >= 15 is 0 Å². The summed E-state index contributed by atoms with van der Waals surface area (Å²) in [7, 11) is -3.46. The molecule has 0 atom stereocenters. The highest BCUT2D eigenvalue weighted by molar-refractivity contribution is 7.89. The summed E-state index contributed by atoms with van der Waals surface area (Å²) in [4.78, 5) is 0.230. The molecule has 2 N–H and O–H groups in total. The zero-order chi connectivity index (χ0) is 15.9. The third-order valence-electron chi connectivity index (χ3n) is 2.88. The Balaban J connectivity index is 2.49. The number of sulfonamides is 1. The van der Waals surface area contributed by atoms with Gasteiger partial charge in [-0.3, -0.25) is 4.68 Å². The smallest absolute Gasteiger partial charge is 0.243 e. The molecule has 0 fully saturated rings. The van der Waals surface area contributed by atoms with E-state index in [2.05, 4.69) is 22.1 Å². The summed E-state index contributed by atoms with van der Waals surface area (Å²) in [5, 5.41) is 7.42. The molecule has 7 heteroatoms. The van der Waals surface area contributed by atoms with Crippen molar-refractivity contribution in [3.05, 3.63) is 12.4 Å². The number of nitrogens with one attached hydrogen (secondary N) is 2. The standard InChI is InChI=1S/C14H28N4O2S/c1-5-7-15-8-6-9-18-11-13(10-16-18)21(19,20)17-12-14(2,3)4/h10-11,15,17H,5-9,12H2,1-4H3. The molecule has 0 spiro atoms. The van der Waals surface area contributed by atoms with Crippen LogP contribution in [0.3, 0.4) is 0 Å². The Kier molecular flexibility index (Phi) is 6.83. The first kappa shape index (κ1) is 18.1. The molecular formula is C14H28N4O2S. The van der Waals surface area contributed by atoms with Gasteiger partial charge < -0.3 is 5.32 Å². The molecular weight excluding hydrogens is 288 g/mol. The van der Waals surface area contributed by atoms with Crippen molar-refractivity contribution in [3.8, 4) is 0 Å². The molecule has 0 radical (unpaired) electrons. The molecule has 1 heterocycles. The maximum Gasteiger partial charge on any atom is 0.243 e. The van der Waals surface area contributed by atoms with Crippen LogP contribution in [0.25, 0.3) is 0 Å². The first-order valence-corrected chi connectivity index (χ1v) is 8.96. The summed E-state index contributed by atoms with van der Waals surface area (Å²) in [5.41, 5.74) is -0.0893. The minimum atomic E-state index is -3.46. The predicted molar refractivity (Wildman–Crippen MR) is 84.6 cm³/mol. The van der Waals surface area contributed by atoms with Gasteiger partial charge in [0.05, 0.1) is 6.20 Å².